The van der Waals surface area contributed by atoms with Crippen LogP contribution in [-0.2, 0) is 6.42 Å². The van der Waals surface area contributed by atoms with Gasteiger partial charge in [0.2, 0.25) is 0 Å². The third-order valence-electron chi connectivity index (χ3n) is 7.68. The molecule has 6 heteroatoms. The average molecular weight is 427 g/mol. The van der Waals surface area contributed by atoms with Crippen molar-refractivity contribution in [1.82, 2.24) is 15.1 Å². The van der Waals surface area contributed by atoms with Crippen LogP contribution in [0.15, 0.2) is 12.1 Å². The maximum absolute atomic E-state index is 13.1. The summed E-state index contributed by atoms with van der Waals surface area (Å²) in [7, 11) is 0. The van der Waals surface area contributed by atoms with E-state index in [1.54, 1.807) is 6.07 Å². The Morgan fingerprint density at radius 2 is 1.81 bits per heavy atom. The summed E-state index contributed by atoms with van der Waals surface area (Å²) in [4.78, 5) is 18.4. The van der Waals surface area contributed by atoms with Gasteiger partial charge in [0.05, 0.1) is 5.69 Å². The van der Waals surface area contributed by atoms with E-state index in [0.29, 0.717) is 17.5 Å². The van der Waals surface area contributed by atoms with Crippen LogP contribution in [0.4, 0.5) is 5.69 Å². The fraction of sp³-hybridized carbons (Fsp3) is 0.720. The van der Waals surface area contributed by atoms with Gasteiger partial charge in [0.25, 0.3) is 5.91 Å². The largest absolute Gasteiger partial charge is 0.485 e. The third-order valence-corrected chi connectivity index (χ3v) is 7.68. The van der Waals surface area contributed by atoms with Gasteiger partial charge in [-0.25, -0.2) is 0 Å². The van der Waals surface area contributed by atoms with Crippen molar-refractivity contribution in [3.8, 4) is 5.75 Å². The van der Waals surface area contributed by atoms with E-state index in [-0.39, 0.29) is 17.6 Å². The molecule has 4 aliphatic rings. The number of nitrogens with two attached hydrogens (primary N) is 1. The Kier molecular flexibility index (Phi) is 5.63. The van der Waals surface area contributed by atoms with Crippen molar-refractivity contribution >= 4 is 11.6 Å². The lowest BCUT2D eigenvalue weighted by Gasteiger charge is -2.42. The van der Waals surface area contributed by atoms with Crippen LogP contribution in [0, 0.1) is 5.92 Å². The molecule has 1 aromatic rings. The highest BCUT2D eigenvalue weighted by Gasteiger charge is 2.36. The normalized spacial score (nSPS) is 28.7. The van der Waals surface area contributed by atoms with E-state index in [4.69, 9.17) is 10.5 Å². The Morgan fingerprint density at radius 3 is 2.48 bits per heavy atom. The number of hydrogen-bond donors (Lipinski definition) is 2. The summed E-state index contributed by atoms with van der Waals surface area (Å²) in [5, 5.41) is 3.31. The van der Waals surface area contributed by atoms with Gasteiger partial charge in [-0.2, -0.15) is 0 Å². The minimum Gasteiger partial charge on any atom is -0.485 e. The summed E-state index contributed by atoms with van der Waals surface area (Å²) in [6.07, 6.45) is 8.11. The highest BCUT2D eigenvalue weighted by molar-refractivity contribution is 5.97. The number of amides is 1. The molecule has 1 saturated heterocycles. The van der Waals surface area contributed by atoms with E-state index >= 15 is 0 Å². The highest BCUT2D eigenvalue weighted by atomic mass is 16.5. The smallest absolute Gasteiger partial charge is 0.251 e. The van der Waals surface area contributed by atoms with Crippen LogP contribution in [0.2, 0.25) is 0 Å². The number of carbonyl (C=O) groups is 1. The van der Waals surface area contributed by atoms with Crippen molar-refractivity contribution < 1.29 is 9.53 Å². The first-order chi connectivity index (χ1) is 14.9. The molecule has 3 N–H and O–H groups in total. The molecule has 6 nitrogen and oxygen atoms in total. The first kappa shape index (κ1) is 21.1. The molecule has 0 aromatic heterocycles. The van der Waals surface area contributed by atoms with Crippen LogP contribution in [0.3, 0.4) is 0 Å². The first-order valence-corrected chi connectivity index (χ1v) is 12.3. The second kappa shape index (κ2) is 8.28. The van der Waals surface area contributed by atoms with Gasteiger partial charge in [-0.1, -0.05) is 0 Å². The number of nitrogens with one attached hydrogen (secondary N) is 1. The van der Waals surface area contributed by atoms with Crippen LogP contribution in [-0.4, -0.2) is 66.1 Å². The fourth-order valence-corrected chi connectivity index (χ4v) is 5.72. The molecule has 1 amide bonds. The Balaban J connectivity index is 1.12. The molecule has 0 unspecified atom stereocenters. The number of nitrogens with zero attached hydrogens (tertiary/aromatic N) is 2. The predicted octanol–water partition coefficient (Wildman–Crippen LogP) is 3.05. The lowest BCUT2D eigenvalue weighted by Crippen LogP contribution is -2.52. The summed E-state index contributed by atoms with van der Waals surface area (Å²) in [6, 6.07) is 4.62. The zero-order valence-electron chi connectivity index (χ0n) is 19.2. The summed E-state index contributed by atoms with van der Waals surface area (Å²) < 4.78 is 6.01. The monoisotopic (exact) mass is 426 g/mol. The molecule has 5 rings (SSSR count). The van der Waals surface area contributed by atoms with Crippen molar-refractivity contribution in [2.75, 3.05) is 38.5 Å². The molecule has 1 aromatic carbocycles. The predicted molar refractivity (Wildman–Crippen MR) is 124 cm³/mol. The van der Waals surface area contributed by atoms with Crippen LogP contribution in [0.25, 0.3) is 0 Å². The van der Waals surface area contributed by atoms with Gasteiger partial charge >= 0.3 is 0 Å². The average Bonchev–Trinajstić information content (AvgIpc) is 3.49. The van der Waals surface area contributed by atoms with E-state index in [2.05, 4.69) is 15.1 Å². The van der Waals surface area contributed by atoms with E-state index in [1.165, 1.54) is 58.4 Å². The maximum atomic E-state index is 13.1. The lowest BCUT2D eigenvalue weighted by atomic mass is 9.89. The summed E-state index contributed by atoms with van der Waals surface area (Å²) in [5.41, 5.74) is 8.10. The van der Waals surface area contributed by atoms with E-state index in [1.807, 2.05) is 19.9 Å². The maximum Gasteiger partial charge on any atom is 0.251 e. The van der Waals surface area contributed by atoms with Crippen LogP contribution in [0.5, 0.6) is 5.75 Å². The van der Waals surface area contributed by atoms with Gasteiger partial charge in [-0.15, -0.1) is 0 Å². The summed E-state index contributed by atoms with van der Waals surface area (Å²) in [6.45, 7) is 10.3. The molecule has 170 valence electrons. The second-order valence-electron chi connectivity index (χ2n) is 10.8. The molecule has 0 radical (unpaired) electrons. The number of nitrogen functional groups attached to an aromatic ring is 1. The molecule has 3 fully saturated rings. The van der Waals surface area contributed by atoms with Gasteiger partial charge in [0.15, 0.2) is 0 Å². The zero-order chi connectivity index (χ0) is 21.6. The number of fused-ring (bicyclic) bond motifs is 1. The molecule has 2 saturated carbocycles. The fourth-order valence-electron chi connectivity index (χ4n) is 5.72. The minimum absolute atomic E-state index is 0.0229. The van der Waals surface area contributed by atoms with Crippen molar-refractivity contribution in [2.24, 2.45) is 5.92 Å². The van der Waals surface area contributed by atoms with Gasteiger partial charge in [-0.05, 0) is 70.4 Å². The molecule has 0 atom stereocenters. The molecule has 0 bridgehead atoms. The molecule has 2 aliphatic carbocycles. The zero-order valence-corrected chi connectivity index (χ0v) is 19.2. The summed E-state index contributed by atoms with van der Waals surface area (Å²) in [5.74, 6) is 1.71. The number of rotatable bonds is 5. The minimum atomic E-state index is -0.312. The second-order valence-corrected chi connectivity index (χ2v) is 10.8. The first-order valence-electron chi connectivity index (χ1n) is 12.3. The van der Waals surface area contributed by atoms with Gasteiger partial charge in [0, 0.05) is 62.4 Å². The molecule has 0 spiro atoms. The Morgan fingerprint density at radius 1 is 1.10 bits per heavy atom. The number of carbonyl (C=O) groups excluding carboxylic acids is 1. The summed E-state index contributed by atoms with van der Waals surface area (Å²) >= 11 is 0. The standard InChI is InChI=1S/C25H38N4O2/c1-25(2)15-21-20(9-10-22(26)23(21)31-25)24(30)27-18-5-7-19(8-6-18)29-13-11-28(12-14-29)16-17-3-4-17/h9-10,17-19H,3-8,11-16,26H2,1-2H3,(H,27,30)/t18-,19-. The van der Waals surface area contributed by atoms with Crippen LogP contribution < -0.4 is 15.8 Å². The van der Waals surface area contributed by atoms with Gasteiger partial charge in [-0.3, -0.25) is 9.69 Å². The Labute approximate surface area is 186 Å². The van der Waals surface area contributed by atoms with Crippen molar-refractivity contribution in [3.05, 3.63) is 23.3 Å². The van der Waals surface area contributed by atoms with Gasteiger partial charge in [0.1, 0.15) is 11.4 Å². The molecular formula is C25H38N4O2. The SMILES string of the molecule is CC1(C)Cc2c(C(=O)N[C@H]3CC[C@H](N4CCN(CC5CC5)CC4)CC3)ccc(N)c2O1. The number of benzene rings is 1. The highest BCUT2D eigenvalue weighted by Crippen LogP contribution is 2.41. The Hall–Kier alpha value is -1.79. The van der Waals surface area contributed by atoms with Crippen molar-refractivity contribution in [1.29, 1.82) is 0 Å². The number of piperazine rings is 1. The van der Waals surface area contributed by atoms with E-state index < -0.39 is 0 Å². The topological polar surface area (TPSA) is 70.8 Å². The van der Waals surface area contributed by atoms with E-state index in [9.17, 15) is 4.79 Å². The molecule has 2 heterocycles. The number of ether oxygens (including phenoxy) is 1. The molecule has 31 heavy (non-hydrogen) atoms. The number of anilines is 1. The molecular weight excluding hydrogens is 388 g/mol. The number of hydrogen-bond acceptors (Lipinski definition) is 5. The Bertz CT molecular complexity index is 819. The quantitative estimate of drug-likeness (QED) is 0.708. The van der Waals surface area contributed by atoms with Crippen LogP contribution >= 0.6 is 0 Å². The third kappa shape index (κ3) is 4.70. The van der Waals surface area contributed by atoms with Crippen LogP contribution in [0.1, 0.15) is 68.3 Å². The van der Waals surface area contributed by atoms with Crippen molar-refractivity contribution in [2.45, 2.75) is 76.5 Å². The lowest BCUT2D eigenvalue weighted by molar-refractivity contribution is 0.0694. The molecule has 2 aliphatic heterocycles. The van der Waals surface area contributed by atoms with Gasteiger partial charge < -0.3 is 20.7 Å². The van der Waals surface area contributed by atoms with E-state index in [0.717, 1.165) is 36.3 Å². The van der Waals surface area contributed by atoms with Crippen molar-refractivity contribution in [3.63, 3.8) is 0 Å².